The number of aliphatic hydroxyl groups excluding tert-OH is 1. The summed E-state index contributed by atoms with van der Waals surface area (Å²) in [6, 6.07) is 11.0. The molecule has 118 valence electrons. The minimum absolute atomic E-state index is 0.102. The van der Waals surface area contributed by atoms with Gasteiger partial charge in [-0.25, -0.2) is 4.98 Å². The number of carbonyl (C=O) groups excluding carboxylic acids is 1. The molecule has 2 N–H and O–H groups in total. The van der Waals surface area contributed by atoms with Crippen LogP contribution in [0.3, 0.4) is 0 Å². The van der Waals surface area contributed by atoms with Crippen LogP contribution in [0.15, 0.2) is 55.0 Å². The van der Waals surface area contributed by atoms with E-state index in [2.05, 4.69) is 10.3 Å². The summed E-state index contributed by atoms with van der Waals surface area (Å²) in [5.41, 5.74) is 3.00. The number of fused-ring (bicyclic) bond motifs is 1. The Balaban J connectivity index is 1.71. The van der Waals surface area contributed by atoms with E-state index in [1.165, 1.54) is 0 Å². The molecule has 3 aromatic rings. The maximum Gasteiger partial charge on any atom is 0.255 e. The minimum Gasteiger partial charge on any atom is -0.395 e. The first-order valence-corrected chi connectivity index (χ1v) is 7.33. The third-order valence-electron chi connectivity index (χ3n) is 3.66. The van der Waals surface area contributed by atoms with Crippen LogP contribution < -0.4 is 10.2 Å². The second-order valence-electron chi connectivity index (χ2n) is 5.25. The molecule has 0 saturated carbocycles. The van der Waals surface area contributed by atoms with Crippen molar-refractivity contribution < 1.29 is 9.90 Å². The first-order valence-electron chi connectivity index (χ1n) is 7.33. The highest BCUT2D eigenvalue weighted by Gasteiger charge is 2.08. The Labute approximate surface area is 134 Å². The molecule has 0 spiro atoms. The summed E-state index contributed by atoms with van der Waals surface area (Å²) >= 11 is 0. The molecule has 0 radical (unpaired) electrons. The first-order chi connectivity index (χ1) is 11.2. The molecule has 0 saturated heterocycles. The van der Waals surface area contributed by atoms with Gasteiger partial charge >= 0.3 is 0 Å². The second kappa shape index (κ2) is 6.50. The van der Waals surface area contributed by atoms with E-state index < -0.39 is 0 Å². The molecule has 3 rings (SSSR count). The predicted molar refractivity (Wildman–Crippen MR) is 89.9 cm³/mol. The Hall–Kier alpha value is -2.86. The lowest BCUT2D eigenvalue weighted by Crippen LogP contribution is -2.21. The highest BCUT2D eigenvalue weighted by Crippen LogP contribution is 2.17. The van der Waals surface area contributed by atoms with Crippen molar-refractivity contribution in [1.82, 2.24) is 9.38 Å². The molecule has 0 fully saturated rings. The number of hydrogen-bond donors (Lipinski definition) is 2. The molecule has 0 aliphatic heterocycles. The lowest BCUT2D eigenvalue weighted by molar-refractivity contribution is 0.102. The SMILES string of the molecule is CN(CCO)c1ccc(NC(=O)c2ccn3ccnc3c2)cc1. The van der Waals surface area contributed by atoms with Crippen LogP contribution in [0.5, 0.6) is 0 Å². The number of pyridine rings is 1. The van der Waals surface area contributed by atoms with Crippen molar-refractivity contribution in [3.63, 3.8) is 0 Å². The van der Waals surface area contributed by atoms with Crippen molar-refractivity contribution in [1.29, 1.82) is 0 Å². The largest absolute Gasteiger partial charge is 0.395 e. The molecule has 23 heavy (non-hydrogen) atoms. The molecule has 0 bridgehead atoms. The van der Waals surface area contributed by atoms with Gasteiger partial charge in [0.15, 0.2) is 0 Å². The van der Waals surface area contributed by atoms with E-state index in [1.54, 1.807) is 18.3 Å². The Bertz CT molecular complexity index is 811. The summed E-state index contributed by atoms with van der Waals surface area (Å²) in [4.78, 5) is 18.4. The Morgan fingerprint density at radius 2 is 2.04 bits per heavy atom. The van der Waals surface area contributed by atoms with E-state index in [0.29, 0.717) is 12.1 Å². The normalized spacial score (nSPS) is 10.7. The highest BCUT2D eigenvalue weighted by molar-refractivity contribution is 6.04. The smallest absolute Gasteiger partial charge is 0.255 e. The van der Waals surface area contributed by atoms with Gasteiger partial charge in [-0.15, -0.1) is 0 Å². The summed E-state index contributed by atoms with van der Waals surface area (Å²) in [6.45, 7) is 0.668. The van der Waals surface area contributed by atoms with E-state index in [0.717, 1.165) is 17.0 Å². The number of nitrogens with zero attached hydrogens (tertiary/aromatic N) is 3. The Morgan fingerprint density at radius 1 is 1.26 bits per heavy atom. The predicted octanol–water partition coefficient (Wildman–Crippen LogP) is 2.02. The van der Waals surface area contributed by atoms with Crippen LogP contribution in [0.2, 0.25) is 0 Å². The average Bonchev–Trinajstić information content (AvgIpc) is 3.03. The number of carbonyl (C=O) groups is 1. The van der Waals surface area contributed by atoms with Gasteiger partial charge in [0, 0.05) is 49.1 Å². The lowest BCUT2D eigenvalue weighted by atomic mass is 10.2. The number of benzene rings is 1. The molecule has 2 aromatic heterocycles. The lowest BCUT2D eigenvalue weighted by Gasteiger charge is -2.18. The summed E-state index contributed by atoms with van der Waals surface area (Å²) < 4.78 is 1.85. The molecule has 0 aliphatic rings. The number of imidazole rings is 1. The third kappa shape index (κ3) is 3.32. The molecule has 2 heterocycles. The summed E-state index contributed by atoms with van der Waals surface area (Å²) in [5, 5.41) is 11.8. The maximum atomic E-state index is 12.3. The van der Waals surface area contributed by atoms with Crippen LogP contribution in [0.25, 0.3) is 5.65 Å². The van der Waals surface area contributed by atoms with Crippen molar-refractivity contribution in [3.05, 3.63) is 60.6 Å². The van der Waals surface area contributed by atoms with Crippen LogP contribution in [-0.4, -0.2) is 40.6 Å². The van der Waals surface area contributed by atoms with E-state index >= 15 is 0 Å². The summed E-state index contributed by atoms with van der Waals surface area (Å²) in [6.07, 6.45) is 5.33. The number of nitrogens with one attached hydrogen (secondary N) is 1. The molecule has 6 heteroatoms. The zero-order valence-electron chi connectivity index (χ0n) is 12.8. The molecule has 1 aromatic carbocycles. The number of hydrogen-bond acceptors (Lipinski definition) is 4. The van der Waals surface area contributed by atoms with Gasteiger partial charge in [-0.3, -0.25) is 4.79 Å². The number of likely N-dealkylation sites (N-methyl/N-ethyl adjacent to an activating group) is 1. The molecular formula is C17H18N4O2. The van der Waals surface area contributed by atoms with Gasteiger partial charge in [-0.2, -0.15) is 0 Å². The van der Waals surface area contributed by atoms with Gasteiger partial charge in [-0.1, -0.05) is 0 Å². The Kier molecular flexibility index (Phi) is 4.25. The van der Waals surface area contributed by atoms with Gasteiger partial charge in [0.05, 0.1) is 6.61 Å². The fraction of sp³-hybridized carbons (Fsp3) is 0.176. The number of amides is 1. The van der Waals surface area contributed by atoms with Crippen molar-refractivity contribution in [2.75, 3.05) is 30.4 Å². The van der Waals surface area contributed by atoms with Crippen LogP contribution in [-0.2, 0) is 0 Å². The number of aromatic nitrogens is 2. The molecule has 6 nitrogen and oxygen atoms in total. The van der Waals surface area contributed by atoms with Crippen molar-refractivity contribution in [2.45, 2.75) is 0 Å². The fourth-order valence-corrected chi connectivity index (χ4v) is 2.33. The second-order valence-corrected chi connectivity index (χ2v) is 5.25. The van der Waals surface area contributed by atoms with Crippen LogP contribution >= 0.6 is 0 Å². The zero-order valence-corrected chi connectivity index (χ0v) is 12.8. The molecule has 0 aliphatic carbocycles. The standard InChI is InChI=1S/C17H18N4O2/c1-20(10-11-22)15-4-2-14(3-5-15)19-17(23)13-6-8-21-9-7-18-16(21)12-13/h2-9,12,22H,10-11H2,1H3,(H,19,23). The van der Waals surface area contributed by atoms with Crippen LogP contribution in [0.1, 0.15) is 10.4 Å². The summed E-state index contributed by atoms with van der Waals surface area (Å²) in [5.74, 6) is -0.174. The van der Waals surface area contributed by atoms with Gasteiger partial charge in [-0.05, 0) is 36.4 Å². The van der Waals surface area contributed by atoms with Gasteiger partial charge in [0.1, 0.15) is 5.65 Å². The van der Waals surface area contributed by atoms with Gasteiger partial charge in [0.2, 0.25) is 0 Å². The minimum atomic E-state index is -0.174. The monoisotopic (exact) mass is 310 g/mol. The van der Waals surface area contributed by atoms with Crippen LogP contribution in [0.4, 0.5) is 11.4 Å². The van der Waals surface area contributed by atoms with E-state index in [-0.39, 0.29) is 12.5 Å². The van der Waals surface area contributed by atoms with E-state index in [1.807, 2.05) is 53.0 Å². The molecular weight excluding hydrogens is 292 g/mol. The van der Waals surface area contributed by atoms with E-state index in [9.17, 15) is 4.79 Å². The molecule has 0 unspecified atom stereocenters. The van der Waals surface area contributed by atoms with Crippen molar-refractivity contribution in [3.8, 4) is 0 Å². The molecule has 0 atom stereocenters. The molecule has 1 amide bonds. The topological polar surface area (TPSA) is 69.9 Å². The fourth-order valence-electron chi connectivity index (χ4n) is 2.33. The maximum absolute atomic E-state index is 12.3. The van der Waals surface area contributed by atoms with Crippen molar-refractivity contribution in [2.24, 2.45) is 0 Å². The number of rotatable bonds is 5. The zero-order chi connectivity index (χ0) is 16.2. The van der Waals surface area contributed by atoms with Crippen molar-refractivity contribution >= 4 is 22.9 Å². The highest BCUT2D eigenvalue weighted by atomic mass is 16.3. The summed E-state index contributed by atoms with van der Waals surface area (Å²) in [7, 11) is 1.91. The number of aliphatic hydroxyl groups is 1. The Morgan fingerprint density at radius 3 is 2.78 bits per heavy atom. The first kappa shape index (κ1) is 15.1. The van der Waals surface area contributed by atoms with Crippen LogP contribution in [0, 0.1) is 0 Å². The average molecular weight is 310 g/mol. The van der Waals surface area contributed by atoms with Gasteiger partial charge < -0.3 is 19.7 Å². The quantitative estimate of drug-likeness (QED) is 0.756. The van der Waals surface area contributed by atoms with Gasteiger partial charge in [0.25, 0.3) is 5.91 Å². The van der Waals surface area contributed by atoms with E-state index in [4.69, 9.17) is 5.11 Å². The third-order valence-corrected chi connectivity index (χ3v) is 3.66. The number of anilines is 2.